The number of fused-ring (bicyclic) bond motifs is 1. The molecule has 0 aliphatic carbocycles. The Morgan fingerprint density at radius 1 is 1.12 bits per heavy atom. The van der Waals surface area contributed by atoms with Crippen LogP contribution in [0.4, 0.5) is 5.82 Å². The highest BCUT2D eigenvalue weighted by Crippen LogP contribution is 2.33. The Balaban J connectivity index is 1.56. The molecular weight excluding hydrogens is 460 g/mol. The number of anilines is 1. The molecule has 0 aliphatic heterocycles. The number of hydrogen-bond donors (Lipinski definition) is 1. The van der Waals surface area contributed by atoms with Crippen LogP contribution in [0.2, 0.25) is 0 Å². The molecule has 2 aromatic carbocycles. The predicted octanol–water partition coefficient (Wildman–Crippen LogP) is 4.61. The van der Waals surface area contributed by atoms with Crippen molar-refractivity contribution in [3.05, 3.63) is 82.9 Å². The zero-order valence-corrected chi connectivity index (χ0v) is 19.5. The van der Waals surface area contributed by atoms with Gasteiger partial charge < -0.3 is 15.2 Å². The van der Waals surface area contributed by atoms with Crippen molar-refractivity contribution in [3.63, 3.8) is 0 Å². The number of rotatable bonds is 8. The second kappa shape index (κ2) is 9.60. The van der Waals surface area contributed by atoms with Crippen molar-refractivity contribution in [3.8, 4) is 5.75 Å². The van der Waals surface area contributed by atoms with Crippen LogP contribution >= 0.6 is 11.3 Å². The Morgan fingerprint density at radius 2 is 1.91 bits per heavy atom. The number of carbonyl (C=O) groups excluding carboxylic acids is 1. The maximum Gasteiger partial charge on any atom is 0.341 e. The molecule has 0 amide bonds. The average Bonchev–Trinajstić information content (AvgIpc) is 3.23. The van der Waals surface area contributed by atoms with Gasteiger partial charge in [0.1, 0.15) is 18.2 Å². The molecule has 0 spiro atoms. The standard InChI is InChI=1S/C24H22N2O5S2/c1-2-30-24(27)20-12-26-23(25)21-17(14-32-22(20)21)13-31-18-9-6-10-19(11-18)33(28,29)15-16-7-4-3-5-8-16/h3-12,14H,2,13,15H2,1H3,(H2,25,26). The van der Waals surface area contributed by atoms with Crippen molar-refractivity contribution in [2.75, 3.05) is 12.3 Å². The molecular formula is C24H22N2O5S2. The van der Waals surface area contributed by atoms with Gasteiger partial charge in [0.25, 0.3) is 0 Å². The van der Waals surface area contributed by atoms with Gasteiger partial charge >= 0.3 is 5.97 Å². The number of nitrogens with zero attached hydrogens (tertiary/aromatic N) is 1. The fourth-order valence-corrected chi connectivity index (χ4v) is 5.83. The molecule has 0 aliphatic rings. The lowest BCUT2D eigenvalue weighted by molar-refractivity contribution is 0.0528. The van der Waals surface area contributed by atoms with Crippen LogP contribution in [-0.2, 0) is 26.9 Å². The minimum Gasteiger partial charge on any atom is -0.489 e. The molecule has 4 rings (SSSR count). The maximum absolute atomic E-state index is 12.8. The predicted molar refractivity (Wildman–Crippen MR) is 128 cm³/mol. The fraction of sp³-hybridized carbons (Fsp3) is 0.167. The van der Waals surface area contributed by atoms with Crippen LogP contribution in [-0.4, -0.2) is 26.0 Å². The Bertz CT molecular complexity index is 1400. The van der Waals surface area contributed by atoms with Crippen LogP contribution < -0.4 is 10.5 Å². The summed E-state index contributed by atoms with van der Waals surface area (Å²) in [7, 11) is -3.53. The van der Waals surface area contributed by atoms with Crippen LogP contribution in [0.25, 0.3) is 10.1 Å². The van der Waals surface area contributed by atoms with Gasteiger partial charge in [0.2, 0.25) is 0 Å². The van der Waals surface area contributed by atoms with Crippen molar-refractivity contribution < 1.29 is 22.7 Å². The van der Waals surface area contributed by atoms with E-state index in [1.807, 2.05) is 23.6 Å². The summed E-state index contributed by atoms with van der Waals surface area (Å²) in [4.78, 5) is 16.6. The lowest BCUT2D eigenvalue weighted by Gasteiger charge is -2.10. The number of pyridine rings is 1. The fourth-order valence-electron chi connectivity index (χ4n) is 3.39. The number of sulfone groups is 1. The van der Waals surface area contributed by atoms with Crippen LogP contribution in [0.3, 0.4) is 0 Å². The van der Waals surface area contributed by atoms with E-state index in [1.165, 1.54) is 23.6 Å². The van der Waals surface area contributed by atoms with E-state index in [4.69, 9.17) is 15.2 Å². The van der Waals surface area contributed by atoms with E-state index in [9.17, 15) is 13.2 Å². The van der Waals surface area contributed by atoms with Gasteiger partial charge in [0.15, 0.2) is 9.84 Å². The monoisotopic (exact) mass is 482 g/mol. The summed E-state index contributed by atoms with van der Waals surface area (Å²) in [6, 6.07) is 15.4. The molecule has 2 aromatic heterocycles. The zero-order chi connectivity index (χ0) is 23.4. The van der Waals surface area contributed by atoms with E-state index in [0.29, 0.717) is 27.0 Å². The number of nitrogens with two attached hydrogens (primary N) is 1. The average molecular weight is 483 g/mol. The maximum atomic E-state index is 12.8. The van der Waals surface area contributed by atoms with Gasteiger partial charge in [-0.25, -0.2) is 18.2 Å². The Morgan fingerprint density at radius 3 is 2.67 bits per heavy atom. The van der Waals surface area contributed by atoms with Gasteiger partial charge in [-0.3, -0.25) is 0 Å². The number of ether oxygens (including phenoxy) is 2. The van der Waals surface area contributed by atoms with Crippen LogP contribution in [0.15, 0.2) is 71.1 Å². The number of nitrogen functional groups attached to an aromatic ring is 1. The smallest absolute Gasteiger partial charge is 0.341 e. The van der Waals surface area contributed by atoms with E-state index < -0.39 is 15.8 Å². The summed E-state index contributed by atoms with van der Waals surface area (Å²) in [5.74, 6) is 0.153. The molecule has 0 saturated carbocycles. The van der Waals surface area contributed by atoms with E-state index >= 15 is 0 Å². The van der Waals surface area contributed by atoms with Gasteiger partial charge in [-0.15, -0.1) is 11.3 Å². The molecule has 0 atom stereocenters. The summed E-state index contributed by atoms with van der Waals surface area (Å²) >= 11 is 1.36. The Labute approximate surface area is 195 Å². The van der Waals surface area contributed by atoms with E-state index in [0.717, 1.165) is 5.56 Å². The molecule has 0 bridgehead atoms. The molecule has 0 saturated heterocycles. The van der Waals surface area contributed by atoms with Crippen molar-refractivity contribution >= 4 is 43.0 Å². The van der Waals surface area contributed by atoms with E-state index in [2.05, 4.69) is 4.98 Å². The first-order valence-electron chi connectivity index (χ1n) is 10.2. The number of aromatic nitrogens is 1. The van der Waals surface area contributed by atoms with Gasteiger partial charge in [-0.05, 0) is 36.1 Å². The summed E-state index contributed by atoms with van der Waals surface area (Å²) in [5, 5.41) is 2.49. The first-order chi connectivity index (χ1) is 15.9. The Hall–Kier alpha value is -3.43. The minimum atomic E-state index is -3.53. The second-order valence-corrected chi connectivity index (χ2v) is 10.1. The molecule has 0 radical (unpaired) electrons. The normalized spacial score (nSPS) is 11.4. The van der Waals surface area contributed by atoms with Crippen LogP contribution in [0.1, 0.15) is 28.4 Å². The number of esters is 1. The van der Waals surface area contributed by atoms with E-state index in [1.54, 1.807) is 37.3 Å². The van der Waals surface area contributed by atoms with Gasteiger partial charge in [-0.2, -0.15) is 0 Å². The largest absolute Gasteiger partial charge is 0.489 e. The summed E-state index contributed by atoms with van der Waals surface area (Å²) in [6.07, 6.45) is 1.41. The van der Waals surface area contributed by atoms with Crippen molar-refractivity contribution in [1.29, 1.82) is 0 Å². The van der Waals surface area contributed by atoms with Gasteiger partial charge in [-0.1, -0.05) is 36.4 Å². The van der Waals surface area contributed by atoms with Crippen LogP contribution in [0, 0.1) is 0 Å². The SMILES string of the molecule is CCOC(=O)c1cnc(N)c2c(COc3cccc(S(=O)(=O)Cc4ccccc4)c3)csc12. The lowest BCUT2D eigenvalue weighted by atomic mass is 10.1. The number of carbonyl (C=O) groups is 1. The highest BCUT2D eigenvalue weighted by molar-refractivity contribution is 7.90. The quantitative estimate of drug-likeness (QED) is 0.365. The van der Waals surface area contributed by atoms with Gasteiger partial charge in [0.05, 0.1) is 27.5 Å². The third-order valence-electron chi connectivity index (χ3n) is 4.95. The molecule has 33 heavy (non-hydrogen) atoms. The summed E-state index contributed by atoms with van der Waals surface area (Å²) in [6.45, 7) is 2.14. The molecule has 170 valence electrons. The first kappa shape index (κ1) is 22.8. The number of hydrogen-bond acceptors (Lipinski definition) is 8. The molecule has 0 unspecified atom stereocenters. The molecule has 2 N–H and O–H groups in total. The summed E-state index contributed by atoms with van der Waals surface area (Å²) < 4.78 is 37.3. The highest BCUT2D eigenvalue weighted by atomic mass is 32.2. The van der Waals surface area contributed by atoms with Crippen molar-refractivity contribution in [2.45, 2.75) is 24.2 Å². The molecule has 7 nitrogen and oxygen atoms in total. The van der Waals surface area contributed by atoms with Crippen LogP contribution in [0.5, 0.6) is 5.75 Å². The Kier molecular flexibility index (Phi) is 6.62. The molecule has 9 heteroatoms. The molecule has 4 aromatic rings. The zero-order valence-electron chi connectivity index (χ0n) is 17.9. The third-order valence-corrected chi connectivity index (χ3v) is 7.70. The first-order valence-corrected chi connectivity index (χ1v) is 12.7. The third kappa shape index (κ3) is 4.99. The number of thiophene rings is 1. The van der Waals surface area contributed by atoms with Gasteiger partial charge in [0, 0.05) is 17.1 Å². The molecule has 2 heterocycles. The topological polar surface area (TPSA) is 109 Å². The van der Waals surface area contributed by atoms with Crippen molar-refractivity contribution in [2.24, 2.45) is 0 Å². The highest BCUT2D eigenvalue weighted by Gasteiger charge is 2.19. The second-order valence-electron chi connectivity index (χ2n) is 7.25. The lowest BCUT2D eigenvalue weighted by Crippen LogP contribution is -2.07. The van der Waals surface area contributed by atoms with Crippen molar-refractivity contribution in [1.82, 2.24) is 4.98 Å². The molecule has 0 fully saturated rings. The number of benzene rings is 2. The van der Waals surface area contributed by atoms with E-state index in [-0.39, 0.29) is 29.7 Å². The minimum absolute atomic E-state index is 0.0920. The summed E-state index contributed by atoms with van der Waals surface area (Å²) in [5.41, 5.74) is 7.90.